The van der Waals surface area contributed by atoms with Crippen molar-refractivity contribution in [2.45, 2.75) is 13.8 Å². The van der Waals surface area contributed by atoms with Gasteiger partial charge in [-0.05, 0) is 38.1 Å². The van der Waals surface area contributed by atoms with Gasteiger partial charge in [0.25, 0.3) is 5.95 Å². The van der Waals surface area contributed by atoms with Crippen LogP contribution in [-0.4, -0.2) is 20.9 Å². The number of aromatic amines is 1. The zero-order chi connectivity index (χ0) is 15.7. The molecule has 0 aliphatic heterocycles. The third-order valence-electron chi connectivity index (χ3n) is 3.08. The van der Waals surface area contributed by atoms with E-state index in [2.05, 4.69) is 41.2 Å². The molecular formula is C15H15BrN6. The van der Waals surface area contributed by atoms with Crippen LogP contribution in [0.25, 0.3) is 10.9 Å². The summed E-state index contributed by atoms with van der Waals surface area (Å²) >= 11 is 3.48. The first-order chi connectivity index (χ1) is 10.5. The highest BCUT2D eigenvalue weighted by Gasteiger charge is 2.06. The van der Waals surface area contributed by atoms with E-state index in [4.69, 9.17) is 5.73 Å². The van der Waals surface area contributed by atoms with E-state index in [0.29, 0.717) is 5.95 Å². The number of guanidine groups is 1. The minimum Gasteiger partial charge on any atom is -0.369 e. The van der Waals surface area contributed by atoms with E-state index in [1.165, 1.54) is 0 Å². The first kappa shape index (κ1) is 14.5. The molecule has 4 N–H and O–H groups in total. The molecule has 0 fully saturated rings. The molecule has 2 aromatic heterocycles. The summed E-state index contributed by atoms with van der Waals surface area (Å²) in [6.45, 7) is 3.79. The summed E-state index contributed by atoms with van der Waals surface area (Å²) in [5.41, 5.74) is 9.48. The zero-order valence-corrected chi connectivity index (χ0v) is 13.8. The first-order valence-corrected chi connectivity index (χ1v) is 7.51. The van der Waals surface area contributed by atoms with Gasteiger partial charge in [-0.3, -0.25) is 0 Å². The second-order valence-corrected chi connectivity index (χ2v) is 5.88. The van der Waals surface area contributed by atoms with Crippen LogP contribution in [0.4, 0.5) is 11.6 Å². The molecule has 0 amide bonds. The maximum absolute atomic E-state index is 5.98. The predicted molar refractivity (Wildman–Crippen MR) is 92.4 cm³/mol. The fraction of sp³-hybridized carbons (Fsp3) is 0.133. The number of nitrogens with one attached hydrogen (secondary N) is 2. The molecular weight excluding hydrogens is 344 g/mol. The average Bonchev–Trinajstić information content (AvgIpc) is 2.85. The number of halogens is 1. The summed E-state index contributed by atoms with van der Waals surface area (Å²) in [5, 5.41) is 4.16. The number of nitrogens with two attached hydrogens (primary N) is 1. The molecule has 0 atom stereocenters. The smallest absolute Gasteiger partial charge is 0.253 e. The number of hydrogen-bond donors (Lipinski definition) is 3. The first-order valence-electron chi connectivity index (χ1n) is 6.71. The van der Waals surface area contributed by atoms with Gasteiger partial charge in [-0.25, -0.2) is 9.97 Å². The standard InChI is InChI=1S/C15H15BrN6/c1-8-5-9(2)20-15(19-8)22-14(17)21-12-7-11(16)6-10-3-4-18-13(10)12/h3-7,18H,1-2H3,(H3,17,19,20,21,22). The molecule has 0 saturated carbocycles. The SMILES string of the molecule is Cc1cc(C)nc(/N=C(/N)Nc2cc(Br)cc3cc[nH]c23)n1. The number of nitrogens with zero attached hydrogens (tertiary/aromatic N) is 3. The lowest BCUT2D eigenvalue weighted by atomic mass is 10.2. The molecule has 2 heterocycles. The van der Waals surface area contributed by atoms with Crippen molar-refractivity contribution in [3.63, 3.8) is 0 Å². The molecule has 0 saturated heterocycles. The van der Waals surface area contributed by atoms with Crippen LogP contribution in [0.1, 0.15) is 11.4 Å². The third kappa shape index (κ3) is 3.09. The van der Waals surface area contributed by atoms with Gasteiger partial charge in [-0.1, -0.05) is 15.9 Å². The Kier molecular flexibility index (Phi) is 3.81. The molecule has 0 bridgehead atoms. The predicted octanol–water partition coefficient (Wildman–Crippen LogP) is 3.40. The van der Waals surface area contributed by atoms with E-state index < -0.39 is 0 Å². The van der Waals surface area contributed by atoms with Crippen molar-refractivity contribution >= 4 is 44.4 Å². The van der Waals surface area contributed by atoms with Gasteiger partial charge in [-0.15, -0.1) is 0 Å². The molecule has 0 aliphatic rings. The van der Waals surface area contributed by atoms with E-state index in [9.17, 15) is 0 Å². The maximum Gasteiger partial charge on any atom is 0.253 e. The number of aromatic nitrogens is 3. The van der Waals surface area contributed by atoms with Crippen LogP contribution in [-0.2, 0) is 0 Å². The van der Waals surface area contributed by atoms with Crippen molar-refractivity contribution < 1.29 is 0 Å². The summed E-state index contributed by atoms with van der Waals surface area (Å²) in [6, 6.07) is 7.84. The van der Waals surface area contributed by atoms with Gasteiger partial charge in [0.1, 0.15) is 0 Å². The van der Waals surface area contributed by atoms with Crippen molar-refractivity contribution in [1.29, 1.82) is 0 Å². The van der Waals surface area contributed by atoms with E-state index in [-0.39, 0.29) is 5.96 Å². The van der Waals surface area contributed by atoms with Gasteiger partial charge in [-0.2, -0.15) is 4.99 Å². The number of aryl methyl sites for hydroxylation is 2. The molecule has 3 rings (SSSR count). The Labute approximate surface area is 136 Å². The van der Waals surface area contributed by atoms with Gasteiger partial charge in [0, 0.05) is 27.4 Å². The zero-order valence-electron chi connectivity index (χ0n) is 12.2. The van der Waals surface area contributed by atoms with Crippen LogP contribution in [0.2, 0.25) is 0 Å². The highest BCUT2D eigenvalue weighted by molar-refractivity contribution is 9.10. The minimum atomic E-state index is 0.235. The van der Waals surface area contributed by atoms with Crippen LogP contribution in [0.15, 0.2) is 39.9 Å². The van der Waals surface area contributed by atoms with Gasteiger partial charge >= 0.3 is 0 Å². The number of rotatable bonds is 2. The molecule has 112 valence electrons. The van der Waals surface area contributed by atoms with Gasteiger partial charge in [0.15, 0.2) is 0 Å². The Hall–Kier alpha value is -2.41. The highest BCUT2D eigenvalue weighted by atomic mass is 79.9. The number of H-pyrrole nitrogens is 1. The lowest BCUT2D eigenvalue weighted by Crippen LogP contribution is -2.22. The molecule has 0 spiro atoms. The average molecular weight is 359 g/mol. The molecule has 22 heavy (non-hydrogen) atoms. The van der Waals surface area contributed by atoms with E-state index in [0.717, 1.165) is 32.5 Å². The Bertz CT molecular complexity index is 847. The van der Waals surface area contributed by atoms with E-state index in [1.54, 1.807) is 0 Å². The van der Waals surface area contributed by atoms with Crippen LogP contribution in [0.5, 0.6) is 0 Å². The van der Waals surface area contributed by atoms with Crippen molar-refractivity contribution in [3.8, 4) is 0 Å². The number of hydrogen-bond acceptors (Lipinski definition) is 3. The molecule has 3 aromatic rings. The van der Waals surface area contributed by atoms with Crippen LogP contribution < -0.4 is 11.1 Å². The lowest BCUT2D eigenvalue weighted by Gasteiger charge is -2.08. The quantitative estimate of drug-likeness (QED) is 0.483. The number of anilines is 1. The summed E-state index contributed by atoms with van der Waals surface area (Å²) in [5.74, 6) is 0.583. The topological polar surface area (TPSA) is 92.0 Å². The molecule has 0 radical (unpaired) electrons. The second-order valence-electron chi connectivity index (χ2n) is 4.97. The molecule has 6 nitrogen and oxygen atoms in total. The van der Waals surface area contributed by atoms with Crippen LogP contribution in [0.3, 0.4) is 0 Å². The van der Waals surface area contributed by atoms with Crippen LogP contribution in [0, 0.1) is 13.8 Å². The molecule has 1 aromatic carbocycles. The maximum atomic E-state index is 5.98. The number of aliphatic imine (C=N–C) groups is 1. The number of benzene rings is 1. The van der Waals surface area contributed by atoms with E-state index in [1.807, 2.05) is 44.3 Å². The van der Waals surface area contributed by atoms with Gasteiger partial charge < -0.3 is 16.0 Å². The summed E-state index contributed by atoms with van der Waals surface area (Å²) in [6.07, 6.45) is 1.88. The van der Waals surface area contributed by atoms with Gasteiger partial charge in [0.05, 0.1) is 11.2 Å². The van der Waals surface area contributed by atoms with Crippen molar-refractivity contribution in [2.75, 3.05) is 5.32 Å². The Balaban J connectivity index is 1.93. The molecule has 0 unspecified atom stereocenters. The Morgan fingerprint density at radius 1 is 1.23 bits per heavy atom. The minimum absolute atomic E-state index is 0.235. The lowest BCUT2D eigenvalue weighted by molar-refractivity contribution is 1.04. The third-order valence-corrected chi connectivity index (χ3v) is 3.54. The van der Waals surface area contributed by atoms with Crippen molar-refractivity contribution in [3.05, 3.63) is 46.3 Å². The fourth-order valence-electron chi connectivity index (χ4n) is 2.26. The number of fused-ring (bicyclic) bond motifs is 1. The van der Waals surface area contributed by atoms with Gasteiger partial charge in [0.2, 0.25) is 5.96 Å². The van der Waals surface area contributed by atoms with Crippen LogP contribution >= 0.6 is 15.9 Å². The van der Waals surface area contributed by atoms with E-state index >= 15 is 0 Å². The summed E-state index contributed by atoms with van der Waals surface area (Å²) in [7, 11) is 0. The molecule has 0 aliphatic carbocycles. The fourth-order valence-corrected chi connectivity index (χ4v) is 2.74. The summed E-state index contributed by atoms with van der Waals surface area (Å²) < 4.78 is 0.956. The monoisotopic (exact) mass is 358 g/mol. The Morgan fingerprint density at radius 3 is 2.68 bits per heavy atom. The normalized spacial score (nSPS) is 11.9. The van der Waals surface area contributed by atoms with Crippen molar-refractivity contribution in [1.82, 2.24) is 15.0 Å². The second kappa shape index (κ2) is 5.76. The summed E-state index contributed by atoms with van der Waals surface area (Å²) in [4.78, 5) is 15.9. The Morgan fingerprint density at radius 2 is 1.95 bits per heavy atom. The van der Waals surface area contributed by atoms with Crippen molar-refractivity contribution in [2.24, 2.45) is 10.7 Å². The molecule has 7 heteroatoms. The largest absolute Gasteiger partial charge is 0.369 e. The highest BCUT2D eigenvalue weighted by Crippen LogP contribution is 2.27.